The van der Waals surface area contributed by atoms with Gasteiger partial charge in [-0.1, -0.05) is 152 Å². The summed E-state index contributed by atoms with van der Waals surface area (Å²) in [5, 5.41) is 8.51. The van der Waals surface area contributed by atoms with Crippen LogP contribution in [0.4, 0.5) is 0 Å². The molecule has 2 heterocycles. The highest BCUT2D eigenvalue weighted by atomic mass is 16.3. The molecule has 0 saturated carbocycles. The Kier molecular flexibility index (Phi) is 6.81. The molecule has 0 aliphatic heterocycles. The van der Waals surface area contributed by atoms with E-state index >= 15 is 0 Å². The molecule has 0 aliphatic rings. The van der Waals surface area contributed by atoms with Crippen molar-refractivity contribution in [1.29, 1.82) is 0 Å². The first kappa shape index (κ1) is 29.1. The number of benzene rings is 8. The van der Waals surface area contributed by atoms with E-state index in [9.17, 15) is 0 Å². The topological polar surface area (TPSA) is 38.9 Å². The largest absolute Gasteiger partial charge is 0.454 e. The summed E-state index contributed by atoms with van der Waals surface area (Å²) in [6.45, 7) is 0. The molecule has 0 amide bonds. The van der Waals surface area contributed by atoms with Gasteiger partial charge in [-0.05, 0) is 84.9 Å². The Hall–Kier alpha value is -6.84. The number of hydrogen-bond acceptors (Lipinski definition) is 3. The summed E-state index contributed by atoms with van der Waals surface area (Å²) in [5.41, 5.74) is 9.05. The minimum absolute atomic E-state index is 0.647. The quantitative estimate of drug-likeness (QED) is 0.137. The van der Waals surface area contributed by atoms with E-state index in [0.717, 1.165) is 50.2 Å². The molecule has 0 spiro atoms. The molecule has 10 aromatic rings. The van der Waals surface area contributed by atoms with E-state index in [0.29, 0.717) is 11.6 Å². The van der Waals surface area contributed by atoms with Gasteiger partial charge in [0, 0.05) is 16.5 Å². The molecule has 0 atom stereocenters. The average molecular weight is 651 g/mol. The van der Waals surface area contributed by atoms with E-state index in [1.54, 1.807) is 0 Å². The molecule has 0 fully saturated rings. The summed E-state index contributed by atoms with van der Waals surface area (Å²) in [5.74, 6) is 1.36. The molecule has 0 N–H and O–H groups in total. The monoisotopic (exact) mass is 650 g/mol. The van der Waals surface area contributed by atoms with Crippen LogP contribution in [0, 0.1) is 0 Å². The molecule has 51 heavy (non-hydrogen) atoms. The van der Waals surface area contributed by atoms with Gasteiger partial charge in [0.15, 0.2) is 11.6 Å². The summed E-state index contributed by atoms with van der Waals surface area (Å²) < 4.78 is 6.33. The van der Waals surface area contributed by atoms with Crippen LogP contribution in [0.25, 0.3) is 99.6 Å². The van der Waals surface area contributed by atoms with E-state index in [1.165, 1.54) is 37.9 Å². The van der Waals surface area contributed by atoms with E-state index in [-0.39, 0.29) is 0 Å². The van der Waals surface area contributed by atoms with Crippen molar-refractivity contribution in [3.05, 3.63) is 182 Å². The smallest absolute Gasteiger partial charge is 0.160 e. The first-order valence-electron chi connectivity index (χ1n) is 17.2. The summed E-state index contributed by atoms with van der Waals surface area (Å²) >= 11 is 0. The van der Waals surface area contributed by atoms with Crippen LogP contribution in [-0.2, 0) is 0 Å². The third-order valence-corrected chi connectivity index (χ3v) is 9.87. The maximum absolute atomic E-state index is 6.33. The predicted molar refractivity (Wildman–Crippen MR) is 212 cm³/mol. The summed E-state index contributed by atoms with van der Waals surface area (Å²) in [6.07, 6.45) is 0. The second kappa shape index (κ2) is 11.9. The molecule has 0 unspecified atom stereocenters. The maximum Gasteiger partial charge on any atom is 0.160 e. The van der Waals surface area contributed by atoms with Crippen molar-refractivity contribution >= 4 is 43.3 Å². The van der Waals surface area contributed by atoms with Gasteiger partial charge in [-0.25, -0.2) is 9.97 Å². The Morgan fingerprint density at radius 1 is 0.333 bits per heavy atom. The van der Waals surface area contributed by atoms with Gasteiger partial charge in [0.05, 0.1) is 5.69 Å². The first-order chi connectivity index (χ1) is 25.2. The molecule has 0 bridgehead atoms. The Morgan fingerprint density at radius 2 is 1.00 bits per heavy atom. The zero-order valence-electron chi connectivity index (χ0n) is 27.6. The standard InChI is InChI=1S/C48H30N2O/c1-2-11-31(12-3-1)35-16-10-17-37(27-35)43-30-44(46-29-38-15-6-9-20-45(38)51-46)50-48(49-43)34-23-21-33(22-24-34)47-40-19-8-5-14-36(40)28-42-39-18-7-4-13-32(39)25-26-41(42)47/h1-30H. The number of nitrogens with zero attached hydrogens (tertiary/aromatic N) is 2. The van der Waals surface area contributed by atoms with Gasteiger partial charge in [0.1, 0.15) is 11.3 Å². The van der Waals surface area contributed by atoms with Gasteiger partial charge < -0.3 is 4.42 Å². The van der Waals surface area contributed by atoms with Crippen molar-refractivity contribution in [3.8, 4) is 56.4 Å². The number of rotatable bonds is 5. The molecular weight excluding hydrogens is 621 g/mol. The lowest BCUT2D eigenvalue weighted by atomic mass is 9.89. The van der Waals surface area contributed by atoms with Gasteiger partial charge in [-0.3, -0.25) is 0 Å². The molecule has 238 valence electrons. The minimum Gasteiger partial charge on any atom is -0.454 e. The Labute approximate surface area is 295 Å². The second-order valence-electron chi connectivity index (χ2n) is 13.0. The van der Waals surface area contributed by atoms with Crippen LogP contribution in [0.5, 0.6) is 0 Å². The molecule has 0 aliphatic carbocycles. The van der Waals surface area contributed by atoms with E-state index in [1.807, 2.05) is 30.3 Å². The SMILES string of the molecule is c1ccc(-c2cccc(-c3cc(-c4cc5ccccc5o4)nc(-c4ccc(-c5c6ccccc6cc6c5ccc5ccccc56)cc4)n3)c2)cc1. The van der Waals surface area contributed by atoms with Gasteiger partial charge in [-0.2, -0.15) is 0 Å². The Morgan fingerprint density at radius 3 is 1.84 bits per heavy atom. The second-order valence-corrected chi connectivity index (χ2v) is 13.0. The van der Waals surface area contributed by atoms with Crippen LogP contribution >= 0.6 is 0 Å². The molecule has 2 aromatic heterocycles. The van der Waals surface area contributed by atoms with Crippen LogP contribution < -0.4 is 0 Å². The highest BCUT2D eigenvalue weighted by Crippen LogP contribution is 2.40. The predicted octanol–water partition coefficient (Wildman–Crippen LogP) is 13.0. The van der Waals surface area contributed by atoms with Gasteiger partial charge in [0.2, 0.25) is 0 Å². The lowest BCUT2D eigenvalue weighted by Crippen LogP contribution is -1.96. The summed E-state index contributed by atoms with van der Waals surface area (Å²) in [4.78, 5) is 10.3. The Bertz CT molecular complexity index is 2870. The lowest BCUT2D eigenvalue weighted by molar-refractivity contribution is 0.628. The molecule has 8 aromatic carbocycles. The number of furan rings is 1. The third kappa shape index (κ3) is 5.15. The fourth-order valence-electron chi connectivity index (χ4n) is 7.36. The summed E-state index contributed by atoms with van der Waals surface area (Å²) in [7, 11) is 0. The number of aromatic nitrogens is 2. The van der Waals surface area contributed by atoms with Crippen LogP contribution in [0.3, 0.4) is 0 Å². The zero-order chi connectivity index (χ0) is 33.7. The normalized spacial score (nSPS) is 11.5. The van der Waals surface area contributed by atoms with Crippen molar-refractivity contribution in [1.82, 2.24) is 9.97 Å². The average Bonchev–Trinajstić information content (AvgIpc) is 3.65. The molecule has 10 rings (SSSR count). The van der Waals surface area contributed by atoms with Crippen LogP contribution in [0.1, 0.15) is 0 Å². The van der Waals surface area contributed by atoms with E-state index < -0.39 is 0 Å². The van der Waals surface area contributed by atoms with Crippen LogP contribution in [0.15, 0.2) is 186 Å². The van der Waals surface area contributed by atoms with Crippen LogP contribution in [0.2, 0.25) is 0 Å². The Balaban J connectivity index is 1.13. The summed E-state index contributed by atoms with van der Waals surface area (Å²) in [6, 6.07) is 64.0. The zero-order valence-corrected chi connectivity index (χ0v) is 27.6. The number of para-hydroxylation sites is 1. The van der Waals surface area contributed by atoms with E-state index in [4.69, 9.17) is 14.4 Å². The molecule has 3 nitrogen and oxygen atoms in total. The fraction of sp³-hybridized carbons (Fsp3) is 0. The highest BCUT2D eigenvalue weighted by Gasteiger charge is 2.16. The molecule has 0 saturated heterocycles. The number of hydrogen-bond donors (Lipinski definition) is 0. The van der Waals surface area contributed by atoms with Crippen molar-refractivity contribution < 1.29 is 4.42 Å². The highest BCUT2D eigenvalue weighted by molar-refractivity contribution is 6.20. The lowest BCUT2D eigenvalue weighted by Gasteiger charge is -2.14. The van der Waals surface area contributed by atoms with Gasteiger partial charge in [-0.15, -0.1) is 0 Å². The van der Waals surface area contributed by atoms with Gasteiger partial charge >= 0.3 is 0 Å². The third-order valence-electron chi connectivity index (χ3n) is 9.87. The van der Waals surface area contributed by atoms with E-state index in [2.05, 4.69) is 152 Å². The molecule has 3 heteroatoms. The minimum atomic E-state index is 0.647. The molecule has 0 radical (unpaired) electrons. The maximum atomic E-state index is 6.33. The number of fused-ring (bicyclic) bond motifs is 5. The first-order valence-corrected chi connectivity index (χ1v) is 17.2. The van der Waals surface area contributed by atoms with Crippen molar-refractivity contribution in [2.75, 3.05) is 0 Å². The van der Waals surface area contributed by atoms with Crippen LogP contribution in [-0.4, -0.2) is 9.97 Å². The molecular formula is C48H30N2O. The van der Waals surface area contributed by atoms with Gasteiger partial charge in [0.25, 0.3) is 0 Å². The van der Waals surface area contributed by atoms with Crippen molar-refractivity contribution in [3.63, 3.8) is 0 Å². The van der Waals surface area contributed by atoms with Crippen molar-refractivity contribution in [2.45, 2.75) is 0 Å². The van der Waals surface area contributed by atoms with Crippen molar-refractivity contribution in [2.24, 2.45) is 0 Å². The fourth-order valence-corrected chi connectivity index (χ4v) is 7.36.